The molecule has 0 saturated heterocycles. The van der Waals surface area contributed by atoms with E-state index in [9.17, 15) is 4.79 Å². The summed E-state index contributed by atoms with van der Waals surface area (Å²) in [4.78, 5) is 12.0. The summed E-state index contributed by atoms with van der Waals surface area (Å²) < 4.78 is 5.94. The molecule has 1 aromatic rings. The molecule has 0 radical (unpaired) electrons. The fourth-order valence-electron chi connectivity index (χ4n) is 2.34. The van der Waals surface area contributed by atoms with Crippen molar-refractivity contribution in [2.24, 2.45) is 0 Å². The number of alkyl halides is 1. The van der Waals surface area contributed by atoms with Crippen molar-refractivity contribution in [3.63, 3.8) is 0 Å². The summed E-state index contributed by atoms with van der Waals surface area (Å²) in [6, 6.07) is 5.88. The minimum Gasteiger partial charge on any atom is -0.487 e. The zero-order chi connectivity index (χ0) is 14.2. The first-order chi connectivity index (χ1) is 8.80. The van der Waals surface area contributed by atoms with Gasteiger partial charge in [0.15, 0.2) is 0 Å². The second kappa shape index (κ2) is 5.04. The molecule has 1 heterocycles. The largest absolute Gasteiger partial charge is 0.487 e. The van der Waals surface area contributed by atoms with Crippen molar-refractivity contribution in [3.05, 3.63) is 29.3 Å². The van der Waals surface area contributed by atoms with Gasteiger partial charge < -0.3 is 10.1 Å². The van der Waals surface area contributed by atoms with Gasteiger partial charge >= 0.3 is 0 Å². The molecule has 0 saturated carbocycles. The van der Waals surface area contributed by atoms with Gasteiger partial charge in [0.2, 0.25) is 5.91 Å². The molecular weight excluding hydrogens is 262 g/mol. The van der Waals surface area contributed by atoms with Crippen LogP contribution >= 0.6 is 11.6 Å². The van der Waals surface area contributed by atoms with Gasteiger partial charge in [-0.3, -0.25) is 4.79 Å². The molecule has 0 aliphatic carbocycles. The van der Waals surface area contributed by atoms with E-state index in [-0.39, 0.29) is 17.6 Å². The van der Waals surface area contributed by atoms with Gasteiger partial charge in [0.1, 0.15) is 16.7 Å². The van der Waals surface area contributed by atoms with Crippen molar-refractivity contribution in [1.82, 2.24) is 5.32 Å². The molecule has 2 rings (SSSR count). The first-order valence-corrected chi connectivity index (χ1v) is 6.99. The molecule has 0 fully saturated rings. The normalized spacial score (nSPS) is 17.8. The molecule has 1 unspecified atom stereocenters. The van der Waals surface area contributed by atoms with Crippen LogP contribution in [-0.4, -0.2) is 17.6 Å². The second-order valence-corrected chi connectivity index (χ2v) is 6.34. The van der Waals surface area contributed by atoms with Gasteiger partial charge in [-0.2, -0.15) is 0 Å². The summed E-state index contributed by atoms with van der Waals surface area (Å²) in [5, 5.41) is 2.11. The predicted octanol–water partition coefficient (Wildman–Crippen LogP) is 3.20. The van der Waals surface area contributed by atoms with Crippen LogP contribution in [-0.2, 0) is 11.2 Å². The Morgan fingerprint density at radius 2 is 2.11 bits per heavy atom. The lowest BCUT2D eigenvalue weighted by molar-refractivity contribution is -0.121. The highest BCUT2D eigenvalue weighted by molar-refractivity contribution is 6.31. The molecule has 1 aliphatic rings. The van der Waals surface area contributed by atoms with E-state index in [4.69, 9.17) is 16.3 Å². The zero-order valence-electron chi connectivity index (χ0n) is 11.8. The average molecular weight is 282 g/mol. The van der Waals surface area contributed by atoms with Gasteiger partial charge in [-0.15, -0.1) is 11.6 Å². The Morgan fingerprint density at radius 3 is 2.74 bits per heavy atom. The van der Waals surface area contributed by atoms with E-state index < -0.39 is 5.38 Å². The summed E-state index contributed by atoms with van der Waals surface area (Å²) >= 11 is 6.29. The Kier molecular flexibility index (Phi) is 3.77. The number of carbonyl (C=O) groups is 1. The molecule has 104 valence electrons. The van der Waals surface area contributed by atoms with Gasteiger partial charge in [-0.25, -0.2) is 0 Å². The molecule has 1 aromatic carbocycles. The Labute approximate surface area is 119 Å². The second-order valence-electron chi connectivity index (χ2n) is 5.90. The molecule has 19 heavy (non-hydrogen) atoms. The summed E-state index contributed by atoms with van der Waals surface area (Å²) in [7, 11) is 0. The molecule has 1 aliphatic heterocycles. The van der Waals surface area contributed by atoms with Crippen molar-refractivity contribution < 1.29 is 9.53 Å². The number of nitrogens with one attached hydrogen (secondary N) is 1. The zero-order valence-corrected chi connectivity index (χ0v) is 12.5. The van der Waals surface area contributed by atoms with E-state index in [1.807, 2.05) is 45.9 Å². The van der Waals surface area contributed by atoms with Crippen molar-refractivity contribution in [1.29, 1.82) is 0 Å². The number of rotatable bonds is 3. The molecule has 1 amide bonds. The lowest BCUT2D eigenvalue weighted by Gasteiger charge is -2.20. The smallest absolute Gasteiger partial charge is 0.242 e. The molecule has 0 aromatic heterocycles. The third-order valence-corrected chi connectivity index (χ3v) is 3.49. The number of fused-ring (bicyclic) bond motifs is 1. The number of halogens is 1. The Morgan fingerprint density at radius 1 is 1.42 bits per heavy atom. The van der Waals surface area contributed by atoms with E-state index >= 15 is 0 Å². The van der Waals surface area contributed by atoms with E-state index in [0.29, 0.717) is 0 Å². The Bertz CT molecular complexity index is 497. The number of carbonyl (C=O) groups excluding carboxylic acids is 1. The molecule has 1 N–H and O–H groups in total. The van der Waals surface area contributed by atoms with Crippen LogP contribution in [0.2, 0.25) is 0 Å². The molecule has 0 bridgehead atoms. The number of amides is 1. The summed E-state index contributed by atoms with van der Waals surface area (Å²) in [6.45, 7) is 7.90. The number of hydrogen-bond donors (Lipinski definition) is 1. The van der Waals surface area contributed by atoms with Crippen LogP contribution in [0.1, 0.15) is 44.2 Å². The quantitative estimate of drug-likeness (QED) is 0.864. The number of ether oxygens (including phenoxy) is 1. The Hall–Kier alpha value is -1.22. The molecule has 1 atom stereocenters. The van der Waals surface area contributed by atoms with Crippen molar-refractivity contribution in [3.8, 4) is 5.75 Å². The van der Waals surface area contributed by atoms with Crippen LogP contribution in [0.25, 0.3) is 0 Å². The molecule has 0 spiro atoms. The van der Waals surface area contributed by atoms with Crippen molar-refractivity contribution in [2.75, 3.05) is 0 Å². The highest BCUT2D eigenvalue weighted by Crippen LogP contribution is 2.41. The monoisotopic (exact) mass is 281 g/mol. The van der Waals surface area contributed by atoms with Gasteiger partial charge in [0, 0.05) is 18.0 Å². The first kappa shape index (κ1) is 14.2. The first-order valence-electron chi connectivity index (χ1n) is 6.55. The van der Waals surface area contributed by atoms with Crippen LogP contribution in [0.3, 0.4) is 0 Å². The highest BCUT2D eigenvalue weighted by atomic mass is 35.5. The summed E-state index contributed by atoms with van der Waals surface area (Å²) in [6.07, 6.45) is 0.839. The number of para-hydroxylation sites is 1. The van der Waals surface area contributed by atoms with Crippen LogP contribution < -0.4 is 10.1 Å². The number of benzene rings is 1. The fourth-order valence-corrected chi connectivity index (χ4v) is 2.57. The molecule has 4 heteroatoms. The maximum absolute atomic E-state index is 12.0. The lowest BCUT2D eigenvalue weighted by Crippen LogP contribution is -2.33. The van der Waals surface area contributed by atoms with Gasteiger partial charge in [-0.05, 0) is 33.3 Å². The van der Waals surface area contributed by atoms with E-state index in [1.54, 1.807) is 0 Å². The topological polar surface area (TPSA) is 38.3 Å². The van der Waals surface area contributed by atoms with Gasteiger partial charge in [-0.1, -0.05) is 18.2 Å². The average Bonchev–Trinajstić information content (AvgIpc) is 2.60. The number of hydrogen-bond acceptors (Lipinski definition) is 2. The van der Waals surface area contributed by atoms with Crippen LogP contribution in [0.5, 0.6) is 5.75 Å². The predicted molar refractivity (Wildman–Crippen MR) is 76.7 cm³/mol. The van der Waals surface area contributed by atoms with E-state index in [0.717, 1.165) is 23.3 Å². The van der Waals surface area contributed by atoms with Crippen molar-refractivity contribution in [2.45, 2.75) is 51.1 Å². The van der Waals surface area contributed by atoms with E-state index in [1.165, 1.54) is 0 Å². The highest BCUT2D eigenvalue weighted by Gasteiger charge is 2.34. The minimum atomic E-state index is -0.716. The lowest BCUT2D eigenvalue weighted by atomic mass is 9.99. The third kappa shape index (κ3) is 3.03. The van der Waals surface area contributed by atoms with Crippen LogP contribution in [0.15, 0.2) is 18.2 Å². The summed E-state index contributed by atoms with van der Waals surface area (Å²) in [5.41, 5.74) is 1.64. The summed E-state index contributed by atoms with van der Waals surface area (Å²) in [5.74, 6) is 0.588. The maximum Gasteiger partial charge on any atom is 0.242 e. The van der Waals surface area contributed by atoms with Crippen LogP contribution in [0, 0.1) is 0 Å². The van der Waals surface area contributed by atoms with Gasteiger partial charge in [0.05, 0.1) is 0 Å². The maximum atomic E-state index is 12.0. The van der Waals surface area contributed by atoms with Crippen LogP contribution in [0.4, 0.5) is 0 Å². The SMILES string of the molecule is CC(C)NC(=O)C(Cl)c1cccc2c1OC(C)(C)C2. The Balaban J connectivity index is 2.28. The van der Waals surface area contributed by atoms with E-state index in [2.05, 4.69) is 5.32 Å². The van der Waals surface area contributed by atoms with Gasteiger partial charge in [0.25, 0.3) is 0 Å². The third-order valence-electron chi connectivity index (χ3n) is 3.06. The molecular formula is C15H20ClNO2. The molecule has 3 nitrogen and oxygen atoms in total. The fraction of sp³-hybridized carbons (Fsp3) is 0.533. The minimum absolute atomic E-state index is 0.0721. The van der Waals surface area contributed by atoms with Crippen molar-refractivity contribution >= 4 is 17.5 Å². The standard InChI is InChI=1S/C15H20ClNO2/c1-9(2)17-14(18)12(16)11-7-5-6-10-8-15(3,4)19-13(10)11/h5-7,9,12H,8H2,1-4H3,(H,17,18).